The predicted octanol–water partition coefficient (Wildman–Crippen LogP) is 3.69. The summed E-state index contributed by atoms with van der Waals surface area (Å²) < 4.78 is 0. The van der Waals surface area contributed by atoms with Gasteiger partial charge < -0.3 is 5.32 Å². The van der Waals surface area contributed by atoms with Gasteiger partial charge in [0.2, 0.25) is 0 Å². The summed E-state index contributed by atoms with van der Waals surface area (Å²) in [6.45, 7) is 5.74. The minimum absolute atomic E-state index is 0.840. The summed E-state index contributed by atoms with van der Waals surface area (Å²) in [5, 5.41) is 3.71. The summed E-state index contributed by atoms with van der Waals surface area (Å²) in [6, 6.07) is 0.840. The lowest BCUT2D eigenvalue weighted by molar-refractivity contribution is 0.393. The van der Waals surface area contributed by atoms with E-state index in [0.717, 1.165) is 12.0 Å². The van der Waals surface area contributed by atoms with Crippen LogP contribution >= 0.6 is 11.8 Å². The van der Waals surface area contributed by atoms with Crippen LogP contribution in [0.2, 0.25) is 0 Å². The van der Waals surface area contributed by atoms with E-state index < -0.39 is 0 Å². The first-order valence-electron chi connectivity index (χ1n) is 6.69. The van der Waals surface area contributed by atoms with Gasteiger partial charge in [0, 0.05) is 6.04 Å². The van der Waals surface area contributed by atoms with Gasteiger partial charge in [0.05, 0.1) is 0 Å². The van der Waals surface area contributed by atoms with Crippen molar-refractivity contribution in [2.75, 3.05) is 18.1 Å². The molecule has 1 rings (SSSR count). The molecule has 0 spiro atoms. The monoisotopic (exact) mass is 229 g/mol. The van der Waals surface area contributed by atoms with Gasteiger partial charge in [-0.15, -0.1) is 0 Å². The topological polar surface area (TPSA) is 12.0 Å². The molecule has 1 N–H and O–H groups in total. The smallest absolute Gasteiger partial charge is 0.00956 e. The van der Waals surface area contributed by atoms with Gasteiger partial charge in [-0.2, -0.15) is 11.8 Å². The molecule has 1 aliphatic carbocycles. The van der Waals surface area contributed by atoms with E-state index in [1.807, 2.05) is 0 Å². The Morgan fingerprint density at radius 2 is 2.00 bits per heavy atom. The number of thioether (sulfide) groups is 1. The SMILES string of the molecule is CCCNC1CCCC1CCSCCC. The summed E-state index contributed by atoms with van der Waals surface area (Å²) in [4.78, 5) is 0. The lowest BCUT2D eigenvalue weighted by Gasteiger charge is -2.20. The van der Waals surface area contributed by atoms with E-state index in [-0.39, 0.29) is 0 Å². The van der Waals surface area contributed by atoms with Crippen LogP contribution in [0.25, 0.3) is 0 Å². The van der Waals surface area contributed by atoms with E-state index in [9.17, 15) is 0 Å². The Hall–Kier alpha value is 0.310. The van der Waals surface area contributed by atoms with E-state index in [1.165, 1.54) is 56.6 Å². The molecule has 0 radical (unpaired) electrons. The van der Waals surface area contributed by atoms with Crippen LogP contribution in [-0.2, 0) is 0 Å². The fraction of sp³-hybridized carbons (Fsp3) is 1.00. The Bertz CT molecular complexity index is 149. The zero-order valence-corrected chi connectivity index (χ0v) is 11.2. The standard InChI is InChI=1S/C13H27NS/c1-3-9-14-13-7-5-6-12(13)8-11-15-10-4-2/h12-14H,3-11H2,1-2H3. The second-order valence-electron chi connectivity index (χ2n) is 4.65. The van der Waals surface area contributed by atoms with Crippen LogP contribution in [0.3, 0.4) is 0 Å². The van der Waals surface area contributed by atoms with Gasteiger partial charge in [0.25, 0.3) is 0 Å². The Kier molecular flexibility index (Phi) is 7.54. The van der Waals surface area contributed by atoms with Crippen LogP contribution in [0.1, 0.15) is 52.4 Å². The van der Waals surface area contributed by atoms with Gasteiger partial charge in [-0.05, 0) is 56.1 Å². The Labute approximate surface area is 99.8 Å². The Morgan fingerprint density at radius 3 is 2.73 bits per heavy atom. The van der Waals surface area contributed by atoms with Crippen molar-refractivity contribution in [1.82, 2.24) is 5.32 Å². The van der Waals surface area contributed by atoms with Crippen LogP contribution < -0.4 is 5.32 Å². The molecular weight excluding hydrogens is 202 g/mol. The summed E-state index contributed by atoms with van der Waals surface area (Å²) in [6.07, 6.45) is 8.37. The molecule has 1 fully saturated rings. The predicted molar refractivity (Wildman–Crippen MR) is 71.7 cm³/mol. The number of hydrogen-bond acceptors (Lipinski definition) is 2. The van der Waals surface area contributed by atoms with Gasteiger partial charge in [0.1, 0.15) is 0 Å². The molecule has 0 bridgehead atoms. The average Bonchev–Trinajstić information content (AvgIpc) is 2.69. The summed E-state index contributed by atoms with van der Waals surface area (Å²) in [7, 11) is 0. The minimum atomic E-state index is 0.840. The summed E-state index contributed by atoms with van der Waals surface area (Å²) >= 11 is 2.14. The normalized spacial score (nSPS) is 26.0. The molecule has 2 heteroatoms. The summed E-state index contributed by atoms with van der Waals surface area (Å²) in [5.41, 5.74) is 0. The molecule has 0 heterocycles. The zero-order valence-electron chi connectivity index (χ0n) is 10.4. The molecule has 15 heavy (non-hydrogen) atoms. The maximum atomic E-state index is 3.71. The van der Waals surface area contributed by atoms with E-state index in [1.54, 1.807) is 0 Å². The van der Waals surface area contributed by atoms with E-state index >= 15 is 0 Å². The molecule has 0 amide bonds. The van der Waals surface area contributed by atoms with Crippen molar-refractivity contribution in [2.24, 2.45) is 5.92 Å². The molecular formula is C13H27NS. The third kappa shape index (κ3) is 5.26. The number of hydrogen-bond donors (Lipinski definition) is 1. The Balaban J connectivity index is 2.09. The first kappa shape index (κ1) is 13.4. The van der Waals surface area contributed by atoms with E-state index in [0.29, 0.717) is 0 Å². The van der Waals surface area contributed by atoms with Crippen LogP contribution in [-0.4, -0.2) is 24.1 Å². The van der Waals surface area contributed by atoms with Crippen LogP contribution in [0.5, 0.6) is 0 Å². The molecule has 0 aromatic heterocycles. The van der Waals surface area contributed by atoms with Crippen molar-refractivity contribution < 1.29 is 0 Å². The number of nitrogens with one attached hydrogen (secondary N) is 1. The highest BCUT2D eigenvalue weighted by molar-refractivity contribution is 7.99. The van der Waals surface area contributed by atoms with Crippen molar-refractivity contribution in [1.29, 1.82) is 0 Å². The minimum Gasteiger partial charge on any atom is -0.314 e. The molecule has 1 nitrogen and oxygen atoms in total. The van der Waals surface area contributed by atoms with Gasteiger partial charge in [-0.25, -0.2) is 0 Å². The molecule has 0 aromatic carbocycles. The van der Waals surface area contributed by atoms with Gasteiger partial charge in [-0.1, -0.05) is 20.3 Å². The molecule has 0 saturated heterocycles. The first-order chi connectivity index (χ1) is 7.38. The fourth-order valence-electron chi connectivity index (χ4n) is 2.46. The highest BCUT2D eigenvalue weighted by Gasteiger charge is 2.25. The molecule has 2 unspecified atom stereocenters. The highest BCUT2D eigenvalue weighted by atomic mass is 32.2. The van der Waals surface area contributed by atoms with Gasteiger partial charge in [-0.3, -0.25) is 0 Å². The maximum absolute atomic E-state index is 3.71. The van der Waals surface area contributed by atoms with Gasteiger partial charge in [0.15, 0.2) is 0 Å². The van der Waals surface area contributed by atoms with Crippen molar-refractivity contribution in [3.05, 3.63) is 0 Å². The largest absolute Gasteiger partial charge is 0.314 e. The van der Waals surface area contributed by atoms with Crippen molar-refractivity contribution >= 4 is 11.8 Å². The molecule has 1 aliphatic rings. The second-order valence-corrected chi connectivity index (χ2v) is 5.88. The maximum Gasteiger partial charge on any atom is 0.00956 e. The highest BCUT2D eigenvalue weighted by Crippen LogP contribution is 2.29. The van der Waals surface area contributed by atoms with E-state index in [2.05, 4.69) is 30.9 Å². The summed E-state index contributed by atoms with van der Waals surface area (Å²) in [5.74, 6) is 3.70. The van der Waals surface area contributed by atoms with Crippen LogP contribution in [0.4, 0.5) is 0 Å². The molecule has 0 aromatic rings. The first-order valence-corrected chi connectivity index (χ1v) is 7.85. The zero-order chi connectivity index (χ0) is 10.9. The van der Waals surface area contributed by atoms with Gasteiger partial charge >= 0.3 is 0 Å². The van der Waals surface area contributed by atoms with E-state index in [4.69, 9.17) is 0 Å². The second kappa shape index (κ2) is 8.46. The van der Waals surface area contributed by atoms with Crippen LogP contribution in [0, 0.1) is 5.92 Å². The lowest BCUT2D eigenvalue weighted by atomic mass is 10.0. The number of rotatable bonds is 8. The fourth-order valence-corrected chi connectivity index (χ4v) is 3.42. The molecule has 2 atom stereocenters. The molecule has 0 aliphatic heterocycles. The van der Waals surface area contributed by atoms with Crippen molar-refractivity contribution in [3.63, 3.8) is 0 Å². The molecule has 90 valence electrons. The average molecular weight is 229 g/mol. The van der Waals surface area contributed by atoms with Crippen molar-refractivity contribution in [3.8, 4) is 0 Å². The van der Waals surface area contributed by atoms with Crippen molar-refractivity contribution in [2.45, 2.75) is 58.4 Å². The quantitative estimate of drug-likeness (QED) is 0.637. The third-order valence-corrected chi connectivity index (χ3v) is 4.52. The molecule has 1 saturated carbocycles. The Morgan fingerprint density at radius 1 is 1.13 bits per heavy atom. The lowest BCUT2D eigenvalue weighted by Crippen LogP contribution is -2.33. The third-order valence-electron chi connectivity index (χ3n) is 3.30. The van der Waals surface area contributed by atoms with Crippen LogP contribution in [0.15, 0.2) is 0 Å².